The third-order valence-electron chi connectivity index (χ3n) is 7.59. The van der Waals surface area contributed by atoms with Crippen molar-refractivity contribution in [1.29, 1.82) is 0 Å². The fourth-order valence-electron chi connectivity index (χ4n) is 5.77. The monoisotopic (exact) mass is 1060 g/mol. The van der Waals surface area contributed by atoms with E-state index in [0.717, 1.165) is 31.8 Å². The summed E-state index contributed by atoms with van der Waals surface area (Å²) in [6.45, 7) is 13.3. The number of carbonyl (C=O) groups is 3. The first-order valence-corrected chi connectivity index (χ1v) is 19.9. The summed E-state index contributed by atoms with van der Waals surface area (Å²) in [5.41, 5.74) is 17.5. The lowest BCUT2D eigenvalue weighted by Crippen LogP contribution is -2.29. The molecule has 0 unspecified atom stereocenters. The third kappa shape index (κ3) is 11.7. The van der Waals surface area contributed by atoms with Gasteiger partial charge in [-0.3, -0.25) is 14.4 Å². The van der Waals surface area contributed by atoms with Crippen molar-refractivity contribution in [3.8, 4) is 0 Å². The second kappa shape index (κ2) is 19.9. The number of H-pyrrole nitrogens is 2. The Labute approximate surface area is 360 Å². The summed E-state index contributed by atoms with van der Waals surface area (Å²) in [5.74, 6) is -1.88. The Bertz CT molecular complexity index is 2500. The predicted octanol–water partition coefficient (Wildman–Crippen LogP) is 4.17. The number of hydrogen-bond acceptors (Lipinski definition) is 13. The van der Waals surface area contributed by atoms with Crippen LogP contribution in [-0.2, 0) is 44.5 Å². The van der Waals surface area contributed by atoms with Crippen LogP contribution in [-0.4, -0.2) is 62.9 Å². The molecule has 0 fully saturated rings. The number of aromatic nitrogens is 4. The molecule has 5 aromatic rings. The lowest BCUT2D eigenvalue weighted by atomic mass is 10.1. The Balaban J connectivity index is 0.000000790. The highest BCUT2D eigenvalue weighted by atomic mass is 127. The molecule has 3 aromatic carbocycles. The number of nitrogens with two attached hydrogens (primary N) is 2. The van der Waals surface area contributed by atoms with Crippen LogP contribution in [0.3, 0.4) is 0 Å². The predicted molar refractivity (Wildman–Crippen MR) is 236 cm³/mol. The van der Waals surface area contributed by atoms with Crippen molar-refractivity contribution < 1.29 is 39.6 Å². The SMILES string of the molecule is C.CC(=O)NS(=O)(=O)c1c(C)cc(N)c(N)c1C.CC(=O)NS(=O)(=O)c1c(C)cc2[nH]cnc2c1C.CC(=O)NS(=O)(=O)c1c(C)cc2[nH]cnc2c1C.I.I. The highest BCUT2D eigenvalue weighted by molar-refractivity contribution is 14.0. The maximum Gasteiger partial charge on any atom is 0.264 e. The number of nitrogens with one attached hydrogen (secondary N) is 5. The quantitative estimate of drug-likeness (QED) is 0.0929. The topological polar surface area (TPSA) is 299 Å². The average molecular weight is 1060 g/mol. The van der Waals surface area contributed by atoms with Crippen molar-refractivity contribution in [2.75, 3.05) is 11.5 Å². The first-order chi connectivity index (χ1) is 24.3. The van der Waals surface area contributed by atoms with Crippen molar-refractivity contribution in [2.24, 2.45) is 0 Å². The van der Waals surface area contributed by atoms with Gasteiger partial charge in [-0.25, -0.2) is 49.4 Å². The molecule has 2 aromatic heterocycles. The van der Waals surface area contributed by atoms with E-state index in [1.165, 1.54) is 18.7 Å². The van der Waals surface area contributed by atoms with Crippen LogP contribution in [0.1, 0.15) is 61.6 Å². The standard InChI is InChI=1S/2C11H13N3O3S.C10H15N3O3S.CH4.2HI/c2*1-6-4-9-10(13-5-12-9)7(2)11(6)18(16,17)14-8(3)15;1-5-4-8(11)9(12)6(2)10(5)17(15,16)13-7(3)14;;;/h2*4-5H,1-3H3,(H,12,13)(H,14,15);4H,11-12H2,1-3H3,(H,13,14);1H4;2*1H. The maximum absolute atomic E-state index is 12.1. The molecule has 0 bridgehead atoms. The summed E-state index contributed by atoms with van der Waals surface area (Å²) in [6, 6.07) is 4.87. The van der Waals surface area contributed by atoms with Crippen LogP contribution >= 0.6 is 48.0 Å². The molecule has 0 radical (unpaired) electrons. The molecule has 3 amide bonds. The van der Waals surface area contributed by atoms with E-state index in [0.29, 0.717) is 50.1 Å². The van der Waals surface area contributed by atoms with Crippen LogP contribution in [0.2, 0.25) is 0 Å². The smallest absolute Gasteiger partial charge is 0.264 e. The number of benzene rings is 3. The zero-order valence-electron chi connectivity index (χ0n) is 31.2. The van der Waals surface area contributed by atoms with E-state index in [-0.39, 0.29) is 75.8 Å². The van der Waals surface area contributed by atoms with E-state index in [1.54, 1.807) is 53.7 Å². The summed E-state index contributed by atoms with van der Waals surface area (Å²) in [5, 5.41) is 0. The van der Waals surface area contributed by atoms with Gasteiger partial charge in [-0.05, 0) is 93.1 Å². The van der Waals surface area contributed by atoms with Gasteiger partial charge in [0.25, 0.3) is 30.1 Å². The summed E-state index contributed by atoms with van der Waals surface area (Å²) >= 11 is 0. The van der Waals surface area contributed by atoms with Crippen LogP contribution in [0.25, 0.3) is 22.1 Å². The summed E-state index contributed by atoms with van der Waals surface area (Å²) in [6.07, 6.45) is 3.01. The molecule has 0 aliphatic rings. The number of imidazole rings is 2. The van der Waals surface area contributed by atoms with E-state index in [4.69, 9.17) is 11.5 Å². The summed E-state index contributed by atoms with van der Waals surface area (Å²) < 4.78 is 78.0. The molecule has 0 spiro atoms. The normalized spacial score (nSPS) is 10.9. The van der Waals surface area contributed by atoms with Gasteiger partial charge in [0.15, 0.2) is 0 Å². The molecule has 23 heteroatoms. The minimum Gasteiger partial charge on any atom is -0.397 e. The number of halogens is 2. The Hall–Kier alpha value is -4.08. The highest BCUT2D eigenvalue weighted by Gasteiger charge is 2.25. The molecular formula is C33H47I2N9O9S3. The number of hydrogen-bond donors (Lipinski definition) is 7. The Kier molecular flexibility index (Phi) is 18.4. The van der Waals surface area contributed by atoms with Gasteiger partial charge in [0, 0.05) is 20.8 Å². The largest absolute Gasteiger partial charge is 0.397 e. The fourth-order valence-corrected chi connectivity index (χ4v) is 10.2. The van der Waals surface area contributed by atoms with Crippen LogP contribution in [0.4, 0.5) is 11.4 Å². The zero-order valence-corrected chi connectivity index (χ0v) is 38.3. The van der Waals surface area contributed by atoms with E-state index >= 15 is 0 Å². The minimum absolute atomic E-state index is 0. The van der Waals surface area contributed by atoms with Crippen LogP contribution in [0.5, 0.6) is 0 Å². The fraction of sp³-hybridized carbons (Fsp3) is 0.303. The molecule has 0 aliphatic carbocycles. The number of nitrogen functional groups attached to an aromatic ring is 2. The molecule has 0 saturated carbocycles. The van der Waals surface area contributed by atoms with Crippen molar-refractivity contribution in [1.82, 2.24) is 34.1 Å². The molecule has 18 nitrogen and oxygen atoms in total. The van der Waals surface area contributed by atoms with Crippen molar-refractivity contribution in [3.63, 3.8) is 0 Å². The van der Waals surface area contributed by atoms with Gasteiger partial charge >= 0.3 is 0 Å². The minimum atomic E-state index is -3.90. The van der Waals surface area contributed by atoms with E-state index in [2.05, 4.69) is 19.9 Å². The van der Waals surface area contributed by atoms with Gasteiger partial charge in [-0.2, -0.15) is 0 Å². The number of aromatic amines is 2. The van der Waals surface area contributed by atoms with Gasteiger partial charge in [-0.1, -0.05) is 7.43 Å². The Morgan fingerprint density at radius 1 is 0.554 bits per heavy atom. The number of amides is 3. The number of rotatable bonds is 6. The zero-order chi connectivity index (χ0) is 40.4. The lowest BCUT2D eigenvalue weighted by molar-refractivity contribution is -0.118. The molecule has 310 valence electrons. The molecule has 5 rings (SSSR count). The molecular weight excluding hydrogens is 1020 g/mol. The average Bonchev–Trinajstić information content (AvgIpc) is 3.64. The molecule has 2 heterocycles. The second-order valence-corrected chi connectivity index (χ2v) is 16.9. The van der Waals surface area contributed by atoms with Gasteiger partial charge in [0.1, 0.15) is 0 Å². The van der Waals surface area contributed by atoms with E-state index < -0.39 is 47.8 Å². The number of carbonyl (C=O) groups excluding carboxylic acids is 3. The van der Waals surface area contributed by atoms with Gasteiger partial charge in [0.05, 0.1) is 60.8 Å². The maximum atomic E-state index is 12.1. The summed E-state index contributed by atoms with van der Waals surface area (Å²) in [4.78, 5) is 47.0. The molecule has 0 aliphatic heterocycles. The second-order valence-electron chi connectivity index (χ2n) is 12.0. The van der Waals surface area contributed by atoms with Gasteiger partial charge in [-0.15, -0.1) is 48.0 Å². The Morgan fingerprint density at radius 3 is 1.14 bits per heavy atom. The molecule has 9 N–H and O–H groups in total. The lowest BCUT2D eigenvalue weighted by Gasteiger charge is -2.14. The number of nitrogens with zero attached hydrogens (tertiary/aromatic N) is 2. The van der Waals surface area contributed by atoms with Crippen LogP contribution in [0, 0.1) is 41.5 Å². The number of fused-ring (bicyclic) bond motifs is 2. The first-order valence-electron chi connectivity index (χ1n) is 15.4. The van der Waals surface area contributed by atoms with E-state index in [1.807, 2.05) is 14.2 Å². The molecule has 0 saturated heterocycles. The number of anilines is 2. The van der Waals surface area contributed by atoms with Crippen molar-refractivity contribution in [2.45, 2.75) is 84.4 Å². The van der Waals surface area contributed by atoms with Crippen LogP contribution in [0.15, 0.2) is 45.5 Å². The highest BCUT2D eigenvalue weighted by Crippen LogP contribution is 2.30. The summed E-state index contributed by atoms with van der Waals surface area (Å²) in [7, 11) is -11.6. The molecule has 56 heavy (non-hydrogen) atoms. The van der Waals surface area contributed by atoms with Gasteiger partial charge in [0.2, 0.25) is 17.7 Å². The third-order valence-corrected chi connectivity index (χ3v) is 12.8. The van der Waals surface area contributed by atoms with E-state index in [9.17, 15) is 39.6 Å². The Morgan fingerprint density at radius 2 is 0.839 bits per heavy atom. The number of aryl methyl sites for hydroxylation is 5. The van der Waals surface area contributed by atoms with Crippen molar-refractivity contribution in [3.05, 3.63) is 64.2 Å². The van der Waals surface area contributed by atoms with Gasteiger partial charge < -0.3 is 21.4 Å². The molecule has 0 atom stereocenters. The van der Waals surface area contributed by atoms with Crippen LogP contribution < -0.4 is 25.6 Å². The first kappa shape index (κ1) is 51.9. The number of sulfonamides is 3. The van der Waals surface area contributed by atoms with Crippen molar-refractivity contribution >= 4 is 129 Å².